The molecule has 2 aromatic carbocycles. The van der Waals surface area contributed by atoms with Crippen LogP contribution < -0.4 is 15.3 Å². The van der Waals surface area contributed by atoms with Gasteiger partial charge in [-0.3, -0.25) is 4.90 Å². The number of nitrogens with one attached hydrogen (secondary N) is 1. The molecule has 144 valence electrons. The Labute approximate surface area is 164 Å². The highest BCUT2D eigenvalue weighted by Crippen LogP contribution is 2.36. The molecule has 5 rings (SSSR count). The van der Waals surface area contributed by atoms with Crippen LogP contribution in [0.3, 0.4) is 0 Å². The fourth-order valence-corrected chi connectivity index (χ4v) is 4.92. The Balaban J connectivity index is 1.49. The van der Waals surface area contributed by atoms with E-state index in [1.54, 1.807) is 0 Å². The fraction of sp³-hybridized carbons (Fsp3) is 0.375. The van der Waals surface area contributed by atoms with Gasteiger partial charge in [0.15, 0.2) is 0 Å². The van der Waals surface area contributed by atoms with Gasteiger partial charge in [-0.05, 0) is 43.4 Å². The van der Waals surface area contributed by atoms with Crippen molar-refractivity contribution in [2.75, 3.05) is 13.3 Å². The number of rotatable bonds is 3. The molecule has 1 aromatic heterocycles. The first-order valence-electron chi connectivity index (χ1n) is 10.2. The average Bonchev–Trinajstić information content (AvgIpc) is 3.21. The molecule has 3 aromatic rings. The molecule has 28 heavy (non-hydrogen) atoms. The molecule has 0 amide bonds. The lowest BCUT2D eigenvalue weighted by molar-refractivity contribution is -0.933. The van der Waals surface area contributed by atoms with Gasteiger partial charge >= 0.3 is 5.63 Å². The number of ether oxygens (including phenoxy) is 1. The monoisotopic (exact) mass is 376 g/mol. The van der Waals surface area contributed by atoms with Crippen LogP contribution in [0.4, 0.5) is 0 Å². The maximum Gasteiger partial charge on any atom is 0.339 e. The normalized spacial score (nSPS) is 19.1. The number of quaternary nitrogens is 1. The third-order valence-corrected chi connectivity index (χ3v) is 6.34. The van der Waals surface area contributed by atoms with Crippen molar-refractivity contribution in [3.05, 3.63) is 74.6 Å². The van der Waals surface area contributed by atoms with Crippen LogP contribution >= 0.6 is 0 Å². The molecule has 2 heterocycles. The van der Waals surface area contributed by atoms with Gasteiger partial charge in [-0.1, -0.05) is 37.3 Å². The lowest BCUT2D eigenvalue weighted by atomic mass is 9.98. The summed E-state index contributed by atoms with van der Waals surface area (Å²) in [5.41, 5.74) is 6.19. The van der Waals surface area contributed by atoms with E-state index in [0.717, 1.165) is 54.6 Å². The highest BCUT2D eigenvalue weighted by atomic mass is 16.5. The number of aryl methyl sites for hydroxylation is 2. The summed E-state index contributed by atoms with van der Waals surface area (Å²) in [4.78, 5) is 13.8. The summed E-state index contributed by atoms with van der Waals surface area (Å²) in [7, 11) is 0. The first-order chi connectivity index (χ1) is 13.6. The van der Waals surface area contributed by atoms with Crippen molar-refractivity contribution in [2.45, 2.75) is 45.6 Å². The van der Waals surface area contributed by atoms with Crippen LogP contribution in [0.25, 0.3) is 11.0 Å². The summed E-state index contributed by atoms with van der Waals surface area (Å²) >= 11 is 0. The Bertz CT molecular complexity index is 1100. The predicted octanol–water partition coefficient (Wildman–Crippen LogP) is 3.13. The quantitative estimate of drug-likeness (QED) is 0.715. The first kappa shape index (κ1) is 17.5. The van der Waals surface area contributed by atoms with Gasteiger partial charge in [0.05, 0.1) is 6.54 Å². The maximum absolute atomic E-state index is 12.3. The largest absolute Gasteiger partial charge is 0.444 e. The predicted molar refractivity (Wildman–Crippen MR) is 109 cm³/mol. The third kappa shape index (κ3) is 2.83. The summed E-state index contributed by atoms with van der Waals surface area (Å²) in [5.74, 6) is 1.38. The Morgan fingerprint density at radius 1 is 1.14 bits per heavy atom. The van der Waals surface area contributed by atoms with Crippen LogP contribution in [0.2, 0.25) is 0 Å². The van der Waals surface area contributed by atoms with E-state index in [-0.39, 0.29) is 5.63 Å². The zero-order valence-electron chi connectivity index (χ0n) is 16.5. The molecule has 1 aliphatic heterocycles. The van der Waals surface area contributed by atoms with Gasteiger partial charge in [0.25, 0.3) is 0 Å². The van der Waals surface area contributed by atoms with Crippen LogP contribution in [0, 0.1) is 6.92 Å². The topological polar surface area (TPSA) is 43.9 Å². The smallest absolute Gasteiger partial charge is 0.339 e. The van der Waals surface area contributed by atoms with Crippen molar-refractivity contribution >= 4 is 11.0 Å². The van der Waals surface area contributed by atoms with Crippen molar-refractivity contribution in [2.24, 2.45) is 0 Å². The SMILES string of the molecule is Cc1c2c(cc3c4c(c(=O)oc13)CCC4)C[NH+](C[C@@H](C)c1ccccc1)CO2. The molecule has 1 unspecified atom stereocenters. The second-order valence-corrected chi connectivity index (χ2v) is 8.30. The lowest BCUT2D eigenvalue weighted by Crippen LogP contribution is -3.12. The van der Waals surface area contributed by atoms with Crippen molar-refractivity contribution in [1.29, 1.82) is 0 Å². The molecule has 4 nitrogen and oxygen atoms in total. The number of benzene rings is 2. The van der Waals surface area contributed by atoms with Gasteiger partial charge in [-0.15, -0.1) is 0 Å². The van der Waals surface area contributed by atoms with E-state index in [0.29, 0.717) is 18.2 Å². The second-order valence-electron chi connectivity index (χ2n) is 8.30. The zero-order valence-corrected chi connectivity index (χ0v) is 16.5. The first-order valence-corrected chi connectivity index (χ1v) is 10.2. The molecule has 2 aliphatic rings. The molecule has 4 heteroatoms. The van der Waals surface area contributed by atoms with Crippen LogP contribution in [0.5, 0.6) is 5.75 Å². The van der Waals surface area contributed by atoms with Crippen molar-refractivity contribution < 1.29 is 14.1 Å². The van der Waals surface area contributed by atoms with Crippen LogP contribution in [-0.4, -0.2) is 13.3 Å². The van der Waals surface area contributed by atoms with Gasteiger partial charge in [-0.2, -0.15) is 0 Å². The van der Waals surface area contributed by atoms with E-state index in [1.807, 2.05) is 6.92 Å². The van der Waals surface area contributed by atoms with E-state index in [2.05, 4.69) is 43.3 Å². The number of hydrogen-bond donors (Lipinski definition) is 1. The van der Waals surface area contributed by atoms with Crippen molar-refractivity contribution in [3.8, 4) is 5.75 Å². The summed E-state index contributed by atoms with van der Waals surface area (Å²) in [6, 6.07) is 12.9. The van der Waals surface area contributed by atoms with E-state index in [1.165, 1.54) is 21.6 Å². The Morgan fingerprint density at radius 3 is 2.75 bits per heavy atom. The third-order valence-electron chi connectivity index (χ3n) is 6.34. The second kappa shape index (κ2) is 6.78. The Hall–Kier alpha value is -2.59. The molecule has 0 saturated carbocycles. The van der Waals surface area contributed by atoms with Crippen LogP contribution in [0.1, 0.15) is 47.1 Å². The van der Waals surface area contributed by atoms with E-state index < -0.39 is 0 Å². The molecule has 1 N–H and O–H groups in total. The number of hydrogen-bond acceptors (Lipinski definition) is 3. The molecule has 0 saturated heterocycles. The van der Waals surface area contributed by atoms with Gasteiger partial charge in [0.1, 0.15) is 17.9 Å². The molecular formula is C24H26NO3+. The minimum Gasteiger partial charge on any atom is -0.444 e. The van der Waals surface area contributed by atoms with Gasteiger partial charge in [0, 0.05) is 28.0 Å². The Morgan fingerprint density at radius 2 is 1.93 bits per heavy atom. The highest BCUT2D eigenvalue weighted by molar-refractivity contribution is 5.87. The van der Waals surface area contributed by atoms with Crippen molar-refractivity contribution in [1.82, 2.24) is 0 Å². The van der Waals surface area contributed by atoms with Gasteiger partial charge < -0.3 is 9.15 Å². The molecule has 0 radical (unpaired) electrons. The van der Waals surface area contributed by atoms with E-state index in [4.69, 9.17) is 9.15 Å². The molecular weight excluding hydrogens is 350 g/mol. The van der Waals surface area contributed by atoms with Crippen LogP contribution in [-0.2, 0) is 19.4 Å². The average molecular weight is 376 g/mol. The number of fused-ring (bicyclic) bond motifs is 4. The highest BCUT2D eigenvalue weighted by Gasteiger charge is 2.28. The molecule has 0 spiro atoms. The van der Waals surface area contributed by atoms with Gasteiger partial charge in [0.2, 0.25) is 6.73 Å². The van der Waals surface area contributed by atoms with Gasteiger partial charge in [-0.25, -0.2) is 4.79 Å². The zero-order chi connectivity index (χ0) is 19.3. The minimum atomic E-state index is -0.164. The molecule has 0 fully saturated rings. The summed E-state index contributed by atoms with van der Waals surface area (Å²) < 4.78 is 11.9. The standard InChI is InChI=1S/C24H25NO3/c1-15(17-7-4-3-5-8-17)12-25-13-18-11-21-19-9-6-10-20(19)24(26)28-23(21)16(2)22(18)27-14-25/h3-5,7-8,11,15H,6,9-10,12-14H2,1-2H3/p+1/t15-/m1/s1. The fourth-order valence-electron chi connectivity index (χ4n) is 4.92. The maximum atomic E-state index is 12.3. The minimum absolute atomic E-state index is 0.164. The van der Waals surface area contributed by atoms with E-state index in [9.17, 15) is 4.79 Å². The summed E-state index contributed by atoms with van der Waals surface area (Å²) in [6.07, 6.45) is 2.85. The molecule has 1 aliphatic carbocycles. The summed E-state index contributed by atoms with van der Waals surface area (Å²) in [5, 5.41) is 1.12. The Kier molecular flexibility index (Phi) is 4.24. The molecule has 2 atom stereocenters. The molecule has 0 bridgehead atoms. The van der Waals surface area contributed by atoms with Crippen molar-refractivity contribution in [3.63, 3.8) is 0 Å². The lowest BCUT2D eigenvalue weighted by Gasteiger charge is -2.29. The summed E-state index contributed by atoms with van der Waals surface area (Å²) in [6.45, 7) is 6.92. The van der Waals surface area contributed by atoms with E-state index >= 15 is 0 Å². The van der Waals surface area contributed by atoms with Crippen LogP contribution in [0.15, 0.2) is 45.6 Å².